The number of benzene rings is 1. The minimum absolute atomic E-state index is 0.00592. The Balaban J connectivity index is 2.87. The molecule has 1 aromatic carbocycles. The summed E-state index contributed by atoms with van der Waals surface area (Å²) in [7, 11) is -3.75. The molecule has 7 heteroatoms. The Morgan fingerprint density at radius 3 is 2.61 bits per heavy atom. The first-order valence-electron chi connectivity index (χ1n) is 5.60. The first-order chi connectivity index (χ1) is 8.32. The van der Waals surface area contributed by atoms with Gasteiger partial charge in [0.1, 0.15) is 0 Å². The van der Waals surface area contributed by atoms with Gasteiger partial charge in [0.05, 0.1) is 11.5 Å². The lowest BCUT2D eigenvalue weighted by atomic mass is 10.2. The van der Waals surface area contributed by atoms with Crippen molar-refractivity contribution in [2.75, 3.05) is 24.3 Å². The van der Waals surface area contributed by atoms with Gasteiger partial charge >= 0.3 is 0 Å². The Hall–Kier alpha value is -1.31. The number of nitrogens with two attached hydrogens (primary N) is 2. The summed E-state index contributed by atoms with van der Waals surface area (Å²) in [5.74, 6) is 0. The number of hydrogen-bond acceptors (Lipinski definition) is 5. The highest BCUT2D eigenvalue weighted by molar-refractivity contribution is 7.89. The molecule has 5 N–H and O–H groups in total. The Bertz CT molecular complexity index is 502. The number of hydrogen-bond donors (Lipinski definition) is 3. The highest BCUT2D eigenvalue weighted by Gasteiger charge is 2.11. The third-order valence-electron chi connectivity index (χ3n) is 2.24. The van der Waals surface area contributed by atoms with Gasteiger partial charge in [0.25, 0.3) is 0 Å². The minimum atomic E-state index is -3.75. The van der Waals surface area contributed by atoms with Gasteiger partial charge in [0.2, 0.25) is 10.0 Å². The molecule has 6 nitrogen and oxygen atoms in total. The number of nitrogen functional groups attached to an aromatic ring is 1. The molecule has 0 fully saturated rings. The first kappa shape index (κ1) is 14.7. The van der Waals surface area contributed by atoms with Gasteiger partial charge in [-0.3, -0.25) is 0 Å². The molecule has 0 aliphatic heterocycles. The summed E-state index contributed by atoms with van der Waals surface area (Å²) < 4.78 is 27.8. The van der Waals surface area contributed by atoms with Crippen LogP contribution in [0.4, 0.5) is 11.4 Å². The van der Waals surface area contributed by atoms with E-state index in [9.17, 15) is 8.42 Å². The predicted octanol–water partition coefficient (Wildman–Crippen LogP) is 0.753. The molecule has 0 saturated carbocycles. The molecule has 0 amide bonds. The highest BCUT2D eigenvalue weighted by atomic mass is 32.2. The fraction of sp³-hybridized carbons (Fsp3) is 0.455. The number of primary sulfonamides is 1. The van der Waals surface area contributed by atoms with Crippen molar-refractivity contribution >= 4 is 21.4 Å². The van der Waals surface area contributed by atoms with Crippen molar-refractivity contribution < 1.29 is 13.2 Å². The maximum atomic E-state index is 11.3. The SMILES string of the molecule is CCOCC(C)Nc1cc(N)cc(S(N)(=O)=O)c1. The van der Waals surface area contributed by atoms with E-state index >= 15 is 0 Å². The second-order valence-corrected chi connectivity index (χ2v) is 5.60. The second kappa shape index (κ2) is 6.03. The summed E-state index contributed by atoms with van der Waals surface area (Å²) in [5, 5.41) is 8.17. The van der Waals surface area contributed by atoms with Crippen molar-refractivity contribution in [3.63, 3.8) is 0 Å². The number of nitrogens with one attached hydrogen (secondary N) is 1. The summed E-state index contributed by atoms with van der Waals surface area (Å²) in [6, 6.07) is 4.47. The highest BCUT2D eigenvalue weighted by Crippen LogP contribution is 2.20. The standard InChI is InChI=1S/C11H19N3O3S/c1-3-17-7-8(2)14-10-4-9(12)5-11(6-10)18(13,15)16/h4-6,8,14H,3,7,12H2,1-2H3,(H2,13,15,16). The molecule has 0 aliphatic carbocycles. The lowest BCUT2D eigenvalue weighted by molar-refractivity contribution is 0.141. The van der Waals surface area contributed by atoms with Crippen LogP contribution < -0.4 is 16.2 Å². The van der Waals surface area contributed by atoms with E-state index in [1.165, 1.54) is 12.1 Å². The Kier molecular flexibility index (Phi) is 4.94. The fourth-order valence-corrected chi connectivity index (χ4v) is 2.08. The number of anilines is 2. The molecule has 102 valence electrons. The van der Waals surface area contributed by atoms with Gasteiger partial charge in [-0.2, -0.15) is 0 Å². The van der Waals surface area contributed by atoms with Crippen molar-refractivity contribution in [2.24, 2.45) is 5.14 Å². The van der Waals surface area contributed by atoms with Gasteiger partial charge in [0.15, 0.2) is 0 Å². The molecule has 1 aromatic rings. The van der Waals surface area contributed by atoms with Crippen LogP contribution >= 0.6 is 0 Å². The van der Waals surface area contributed by atoms with Crippen LogP contribution in [-0.2, 0) is 14.8 Å². The maximum Gasteiger partial charge on any atom is 0.238 e. The predicted molar refractivity (Wildman–Crippen MR) is 71.8 cm³/mol. The molecule has 0 heterocycles. The van der Waals surface area contributed by atoms with E-state index in [1.807, 2.05) is 13.8 Å². The van der Waals surface area contributed by atoms with Crippen molar-refractivity contribution in [1.29, 1.82) is 0 Å². The number of ether oxygens (including phenoxy) is 1. The van der Waals surface area contributed by atoms with Crippen LogP contribution in [0, 0.1) is 0 Å². The van der Waals surface area contributed by atoms with Crippen molar-refractivity contribution in [2.45, 2.75) is 24.8 Å². The lowest BCUT2D eigenvalue weighted by Crippen LogP contribution is -2.22. The molecule has 1 atom stereocenters. The molecule has 0 aromatic heterocycles. The van der Waals surface area contributed by atoms with Crippen LogP contribution in [0.3, 0.4) is 0 Å². The molecule has 0 bridgehead atoms. The molecular formula is C11H19N3O3S. The first-order valence-corrected chi connectivity index (χ1v) is 7.15. The van der Waals surface area contributed by atoms with Crippen molar-refractivity contribution in [3.8, 4) is 0 Å². The summed E-state index contributed by atoms with van der Waals surface area (Å²) in [4.78, 5) is -0.00592. The summed E-state index contributed by atoms with van der Waals surface area (Å²) in [6.45, 7) is 4.99. The molecule has 0 radical (unpaired) electrons. The average Bonchev–Trinajstić information content (AvgIpc) is 2.24. The van der Waals surface area contributed by atoms with Crippen LogP contribution in [0.15, 0.2) is 23.1 Å². The van der Waals surface area contributed by atoms with E-state index in [0.29, 0.717) is 24.6 Å². The second-order valence-electron chi connectivity index (χ2n) is 4.04. The zero-order chi connectivity index (χ0) is 13.8. The summed E-state index contributed by atoms with van der Waals surface area (Å²) >= 11 is 0. The molecule has 0 saturated heterocycles. The molecule has 1 unspecified atom stereocenters. The zero-order valence-electron chi connectivity index (χ0n) is 10.5. The van der Waals surface area contributed by atoms with E-state index < -0.39 is 10.0 Å². The smallest absolute Gasteiger partial charge is 0.238 e. The Morgan fingerprint density at radius 2 is 2.06 bits per heavy atom. The number of rotatable bonds is 6. The third-order valence-corrected chi connectivity index (χ3v) is 3.14. The van der Waals surface area contributed by atoms with Gasteiger partial charge in [-0.15, -0.1) is 0 Å². The van der Waals surface area contributed by atoms with E-state index in [2.05, 4.69) is 5.32 Å². The molecule has 1 rings (SSSR count). The van der Waals surface area contributed by atoms with Gasteiger partial charge in [-0.1, -0.05) is 0 Å². The van der Waals surface area contributed by atoms with E-state index in [4.69, 9.17) is 15.6 Å². The number of sulfonamides is 1. The normalized spacial score (nSPS) is 13.3. The Labute approximate surface area is 107 Å². The summed E-state index contributed by atoms with van der Waals surface area (Å²) in [5.41, 5.74) is 6.58. The van der Waals surface area contributed by atoms with Crippen molar-refractivity contribution in [3.05, 3.63) is 18.2 Å². The topological polar surface area (TPSA) is 107 Å². The van der Waals surface area contributed by atoms with E-state index in [-0.39, 0.29) is 10.9 Å². The van der Waals surface area contributed by atoms with Crippen LogP contribution in [-0.4, -0.2) is 27.7 Å². The quantitative estimate of drug-likeness (QED) is 0.663. The Morgan fingerprint density at radius 1 is 1.39 bits per heavy atom. The van der Waals surface area contributed by atoms with Gasteiger partial charge in [-0.05, 0) is 32.0 Å². The zero-order valence-corrected chi connectivity index (χ0v) is 11.3. The van der Waals surface area contributed by atoms with Gasteiger partial charge in [0, 0.05) is 24.0 Å². The van der Waals surface area contributed by atoms with Crippen LogP contribution in [0.2, 0.25) is 0 Å². The van der Waals surface area contributed by atoms with Gasteiger partial charge in [-0.25, -0.2) is 13.6 Å². The maximum absolute atomic E-state index is 11.3. The third kappa shape index (κ3) is 4.52. The summed E-state index contributed by atoms with van der Waals surface area (Å²) in [6.07, 6.45) is 0. The van der Waals surface area contributed by atoms with Crippen molar-refractivity contribution in [1.82, 2.24) is 0 Å². The van der Waals surface area contributed by atoms with Crippen LogP contribution in [0.25, 0.3) is 0 Å². The fourth-order valence-electron chi connectivity index (χ4n) is 1.49. The monoisotopic (exact) mass is 273 g/mol. The van der Waals surface area contributed by atoms with Crippen LogP contribution in [0.5, 0.6) is 0 Å². The lowest BCUT2D eigenvalue weighted by Gasteiger charge is -2.16. The molecule has 0 spiro atoms. The van der Waals surface area contributed by atoms with Gasteiger partial charge < -0.3 is 15.8 Å². The molecular weight excluding hydrogens is 254 g/mol. The van der Waals surface area contributed by atoms with Crippen LogP contribution in [0.1, 0.15) is 13.8 Å². The molecule has 18 heavy (non-hydrogen) atoms. The average molecular weight is 273 g/mol. The molecule has 0 aliphatic rings. The van der Waals surface area contributed by atoms with E-state index in [0.717, 1.165) is 0 Å². The van der Waals surface area contributed by atoms with E-state index in [1.54, 1.807) is 6.07 Å². The minimum Gasteiger partial charge on any atom is -0.399 e. The largest absolute Gasteiger partial charge is 0.399 e.